The molecule has 0 radical (unpaired) electrons. The predicted octanol–water partition coefficient (Wildman–Crippen LogP) is 2.81. The van der Waals surface area contributed by atoms with Crippen LogP contribution in [0.4, 0.5) is 13.2 Å². The molecule has 10 heteroatoms. The number of halogens is 3. The fraction of sp³-hybridized carbons (Fsp3) is 0.640. The zero-order valence-corrected chi connectivity index (χ0v) is 21.0. The maximum absolute atomic E-state index is 12.4. The molecular formula is C25H37F3N4O3. The molecule has 0 atom stereocenters. The van der Waals surface area contributed by atoms with Crippen molar-refractivity contribution in [2.45, 2.75) is 69.6 Å². The summed E-state index contributed by atoms with van der Waals surface area (Å²) in [6.07, 6.45) is -0.439. The first kappa shape index (κ1) is 28.6. The Hall–Kier alpha value is -2.62. The quantitative estimate of drug-likeness (QED) is 0.520. The fourth-order valence-electron chi connectivity index (χ4n) is 4.44. The number of nitrogens with zero attached hydrogens (tertiary/aromatic N) is 2. The van der Waals surface area contributed by atoms with E-state index in [0.29, 0.717) is 0 Å². The molecule has 2 N–H and O–H groups in total. The van der Waals surface area contributed by atoms with Crippen molar-refractivity contribution in [3.63, 3.8) is 0 Å². The van der Waals surface area contributed by atoms with Crippen LogP contribution in [0.5, 0.6) is 0 Å². The molecule has 0 aromatic heterocycles. The smallest absolute Gasteiger partial charge is 0.353 e. The monoisotopic (exact) mass is 498 g/mol. The van der Waals surface area contributed by atoms with Crippen molar-refractivity contribution in [2.24, 2.45) is 0 Å². The van der Waals surface area contributed by atoms with Gasteiger partial charge in [-0.1, -0.05) is 29.8 Å². The molecule has 35 heavy (non-hydrogen) atoms. The Kier molecular flexibility index (Phi) is 10.1. The van der Waals surface area contributed by atoms with Crippen LogP contribution in [0, 0.1) is 6.92 Å². The van der Waals surface area contributed by atoms with E-state index in [-0.39, 0.29) is 49.3 Å². The number of hydrogen-bond donors (Lipinski definition) is 2. The minimum absolute atomic E-state index is 0.0107. The van der Waals surface area contributed by atoms with E-state index in [1.54, 1.807) is 5.32 Å². The molecule has 0 heterocycles. The highest BCUT2D eigenvalue weighted by atomic mass is 19.4. The summed E-state index contributed by atoms with van der Waals surface area (Å²) >= 11 is 0. The van der Waals surface area contributed by atoms with Crippen molar-refractivity contribution in [3.8, 4) is 0 Å². The fourth-order valence-corrected chi connectivity index (χ4v) is 4.44. The molecule has 1 fully saturated rings. The minimum Gasteiger partial charge on any atom is -0.353 e. The van der Waals surface area contributed by atoms with Gasteiger partial charge in [-0.25, -0.2) is 0 Å². The molecular weight excluding hydrogens is 461 g/mol. The lowest BCUT2D eigenvalue weighted by atomic mass is 9.74. The van der Waals surface area contributed by atoms with Crippen molar-refractivity contribution in [2.75, 3.05) is 34.2 Å². The maximum Gasteiger partial charge on any atom is 0.471 e. The predicted molar refractivity (Wildman–Crippen MR) is 128 cm³/mol. The van der Waals surface area contributed by atoms with Crippen molar-refractivity contribution in [3.05, 3.63) is 35.4 Å². The molecule has 1 aliphatic rings. The van der Waals surface area contributed by atoms with Crippen LogP contribution in [0.15, 0.2) is 24.3 Å². The van der Waals surface area contributed by atoms with Crippen LogP contribution in [0.25, 0.3) is 0 Å². The molecule has 1 aliphatic carbocycles. The van der Waals surface area contributed by atoms with Gasteiger partial charge in [-0.05, 0) is 58.7 Å². The van der Waals surface area contributed by atoms with Crippen molar-refractivity contribution in [1.29, 1.82) is 0 Å². The molecule has 0 unspecified atom stereocenters. The average molecular weight is 499 g/mol. The summed E-state index contributed by atoms with van der Waals surface area (Å²) in [5.74, 6) is -2.62. The van der Waals surface area contributed by atoms with E-state index in [0.717, 1.165) is 32.1 Å². The number of rotatable bonds is 10. The number of alkyl halides is 3. The third kappa shape index (κ3) is 8.83. The van der Waals surface area contributed by atoms with E-state index in [1.165, 1.54) is 23.1 Å². The second-order valence-electron chi connectivity index (χ2n) is 9.69. The molecule has 7 nitrogen and oxygen atoms in total. The van der Waals surface area contributed by atoms with E-state index in [9.17, 15) is 27.6 Å². The van der Waals surface area contributed by atoms with E-state index in [2.05, 4.69) is 55.5 Å². The summed E-state index contributed by atoms with van der Waals surface area (Å²) in [6.45, 7) is 1.69. The van der Waals surface area contributed by atoms with Gasteiger partial charge in [0, 0.05) is 44.6 Å². The topological polar surface area (TPSA) is 81.8 Å². The third-order valence-electron chi connectivity index (χ3n) is 6.87. The summed E-state index contributed by atoms with van der Waals surface area (Å²) < 4.78 is 36.6. The Bertz CT molecular complexity index is 864. The van der Waals surface area contributed by atoms with Crippen LogP contribution in [0.3, 0.4) is 0 Å². The highest BCUT2D eigenvalue weighted by Gasteiger charge is 2.39. The summed E-state index contributed by atoms with van der Waals surface area (Å²) in [4.78, 5) is 38.9. The molecule has 2 rings (SSSR count). The lowest BCUT2D eigenvalue weighted by Crippen LogP contribution is -2.52. The zero-order valence-electron chi connectivity index (χ0n) is 21.0. The number of likely N-dealkylation sites (N-methyl/N-ethyl adjacent to an activating group) is 2. The number of carbonyl (C=O) groups is 3. The average Bonchev–Trinajstić information content (AvgIpc) is 2.79. The first-order chi connectivity index (χ1) is 16.3. The van der Waals surface area contributed by atoms with Crippen molar-refractivity contribution < 1.29 is 27.6 Å². The van der Waals surface area contributed by atoms with Gasteiger partial charge in [-0.15, -0.1) is 0 Å². The van der Waals surface area contributed by atoms with E-state index < -0.39 is 12.1 Å². The SMILES string of the molecule is Cc1ccc(CC2(N(C)C)CCC(NC(=O)CCC(=O)N(C)CCNC(=O)C(F)(F)F)CC2)cc1. The van der Waals surface area contributed by atoms with Crippen LogP contribution in [-0.4, -0.2) is 79.5 Å². The van der Waals surface area contributed by atoms with Gasteiger partial charge in [0.2, 0.25) is 11.8 Å². The molecule has 1 aromatic carbocycles. The molecule has 0 aliphatic heterocycles. The second-order valence-corrected chi connectivity index (χ2v) is 9.69. The van der Waals surface area contributed by atoms with Crippen LogP contribution in [0.2, 0.25) is 0 Å². The lowest BCUT2D eigenvalue weighted by Gasteiger charge is -2.45. The van der Waals surface area contributed by atoms with Crippen LogP contribution in [-0.2, 0) is 20.8 Å². The summed E-state index contributed by atoms with van der Waals surface area (Å²) in [7, 11) is 5.63. The van der Waals surface area contributed by atoms with E-state index in [4.69, 9.17) is 0 Å². The van der Waals surface area contributed by atoms with Gasteiger partial charge >= 0.3 is 12.1 Å². The first-order valence-corrected chi connectivity index (χ1v) is 11.9. The van der Waals surface area contributed by atoms with Crippen LogP contribution in [0.1, 0.15) is 49.7 Å². The molecule has 1 aromatic rings. The Morgan fingerprint density at radius 3 is 2.17 bits per heavy atom. The Morgan fingerprint density at radius 1 is 1.03 bits per heavy atom. The number of nitrogens with one attached hydrogen (secondary N) is 2. The molecule has 1 saturated carbocycles. The van der Waals surface area contributed by atoms with Crippen molar-refractivity contribution in [1.82, 2.24) is 20.4 Å². The standard InChI is InChI=1S/C25H37F3N4O3/c1-18-5-7-19(8-6-18)17-24(31(2)3)13-11-20(12-14-24)30-21(33)9-10-22(34)32(4)16-15-29-23(35)25(26,27)28/h5-8,20H,9-17H2,1-4H3,(H,29,35)(H,30,33). The molecule has 0 spiro atoms. The van der Waals surface area contributed by atoms with Gasteiger partial charge in [-0.3, -0.25) is 14.4 Å². The van der Waals surface area contributed by atoms with Crippen LogP contribution < -0.4 is 10.6 Å². The molecule has 3 amide bonds. The minimum atomic E-state index is -4.95. The molecule has 0 bridgehead atoms. The Morgan fingerprint density at radius 2 is 1.63 bits per heavy atom. The van der Waals surface area contributed by atoms with Gasteiger partial charge in [0.25, 0.3) is 0 Å². The maximum atomic E-state index is 12.4. The number of benzene rings is 1. The van der Waals surface area contributed by atoms with Gasteiger partial charge in [0.15, 0.2) is 0 Å². The van der Waals surface area contributed by atoms with E-state index >= 15 is 0 Å². The highest BCUT2D eigenvalue weighted by Crippen LogP contribution is 2.35. The van der Waals surface area contributed by atoms with Gasteiger partial charge < -0.3 is 20.4 Å². The normalized spacial score (nSPS) is 20.4. The summed E-state index contributed by atoms with van der Waals surface area (Å²) in [5.41, 5.74) is 2.57. The van der Waals surface area contributed by atoms with Gasteiger partial charge in [0.05, 0.1) is 0 Å². The van der Waals surface area contributed by atoms with E-state index in [1.807, 2.05) is 0 Å². The molecule has 196 valence electrons. The zero-order chi connectivity index (χ0) is 26.2. The van der Waals surface area contributed by atoms with Gasteiger partial charge in [-0.2, -0.15) is 13.2 Å². The number of carbonyl (C=O) groups excluding carboxylic acids is 3. The lowest BCUT2D eigenvalue weighted by molar-refractivity contribution is -0.173. The van der Waals surface area contributed by atoms with Crippen molar-refractivity contribution >= 4 is 17.7 Å². The summed E-state index contributed by atoms with van der Waals surface area (Å²) in [5, 5.41) is 4.74. The second kappa shape index (κ2) is 12.4. The number of hydrogen-bond acceptors (Lipinski definition) is 4. The Balaban J connectivity index is 1.74. The summed E-state index contributed by atoms with van der Waals surface area (Å²) in [6, 6.07) is 8.65. The Labute approximate surface area is 205 Å². The largest absolute Gasteiger partial charge is 0.471 e. The first-order valence-electron chi connectivity index (χ1n) is 11.9. The number of amides is 3. The van der Waals surface area contributed by atoms with Crippen LogP contribution >= 0.6 is 0 Å². The highest BCUT2D eigenvalue weighted by molar-refractivity contribution is 5.84. The number of aryl methyl sites for hydroxylation is 1. The molecule has 0 saturated heterocycles. The van der Waals surface area contributed by atoms with Gasteiger partial charge in [0.1, 0.15) is 0 Å². The third-order valence-corrected chi connectivity index (χ3v) is 6.87.